The molecular formula is C21H22Br2N2O7S. The van der Waals surface area contributed by atoms with E-state index in [-0.39, 0.29) is 16.4 Å². The summed E-state index contributed by atoms with van der Waals surface area (Å²) in [4.78, 5) is 15.4. The SMILES string of the molecule is CC(O/N=C\c1cc(Br)c(Oc2ccc(O)c(S(=O)(=O)N3CCCCC3)c2)c(Br)c1)C(=O)O. The van der Waals surface area contributed by atoms with Gasteiger partial charge in [-0.3, -0.25) is 0 Å². The third-order valence-electron chi connectivity index (χ3n) is 4.87. The number of ether oxygens (including phenoxy) is 1. The fourth-order valence-electron chi connectivity index (χ4n) is 3.11. The largest absolute Gasteiger partial charge is 0.507 e. The molecule has 1 aliphatic rings. The number of phenolic OH excluding ortho intramolecular Hbond substituents is 1. The van der Waals surface area contributed by atoms with Gasteiger partial charge in [0.15, 0.2) is 5.75 Å². The number of benzene rings is 2. The quantitative estimate of drug-likeness (QED) is 0.330. The Bertz CT molecular complexity index is 1140. The molecule has 0 amide bonds. The Morgan fingerprint density at radius 1 is 1.15 bits per heavy atom. The number of rotatable bonds is 8. The summed E-state index contributed by atoms with van der Waals surface area (Å²) in [7, 11) is -3.85. The molecule has 2 aromatic rings. The molecule has 0 aliphatic carbocycles. The smallest absolute Gasteiger partial charge is 0.347 e. The minimum Gasteiger partial charge on any atom is -0.507 e. The van der Waals surface area contributed by atoms with E-state index in [1.54, 1.807) is 12.1 Å². The number of hydrogen-bond acceptors (Lipinski definition) is 7. The fraction of sp³-hybridized carbons (Fsp3) is 0.333. The number of aromatic hydroxyl groups is 1. The number of carbonyl (C=O) groups is 1. The third-order valence-corrected chi connectivity index (χ3v) is 7.98. The molecule has 1 unspecified atom stereocenters. The number of halogens is 2. The average Bonchev–Trinajstić information content (AvgIpc) is 2.77. The van der Waals surface area contributed by atoms with Crippen molar-refractivity contribution in [2.75, 3.05) is 13.1 Å². The van der Waals surface area contributed by atoms with Crippen LogP contribution >= 0.6 is 31.9 Å². The van der Waals surface area contributed by atoms with Crippen molar-refractivity contribution in [3.63, 3.8) is 0 Å². The lowest BCUT2D eigenvalue weighted by Crippen LogP contribution is -2.35. The summed E-state index contributed by atoms with van der Waals surface area (Å²) in [5, 5.41) is 22.7. The second kappa shape index (κ2) is 10.9. The maximum atomic E-state index is 13.0. The maximum Gasteiger partial charge on any atom is 0.347 e. The summed E-state index contributed by atoms with van der Waals surface area (Å²) < 4.78 is 34.4. The first-order valence-electron chi connectivity index (χ1n) is 10.0. The van der Waals surface area contributed by atoms with Crippen LogP contribution in [0.2, 0.25) is 0 Å². The number of carboxylic acid groups (broad SMARTS) is 1. The third kappa shape index (κ3) is 6.25. The molecule has 0 bridgehead atoms. The van der Waals surface area contributed by atoms with Crippen molar-refractivity contribution < 1.29 is 33.0 Å². The summed E-state index contributed by atoms with van der Waals surface area (Å²) in [6.07, 6.45) is 2.82. The van der Waals surface area contributed by atoms with Gasteiger partial charge in [0.2, 0.25) is 16.1 Å². The van der Waals surface area contributed by atoms with E-state index < -0.39 is 22.1 Å². The molecule has 2 N–H and O–H groups in total. The Kier molecular flexibility index (Phi) is 8.38. The molecular weight excluding hydrogens is 584 g/mol. The van der Waals surface area contributed by atoms with Crippen LogP contribution in [-0.4, -0.2) is 54.3 Å². The zero-order valence-corrected chi connectivity index (χ0v) is 21.6. The van der Waals surface area contributed by atoms with E-state index in [0.29, 0.717) is 33.3 Å². The molecule has 1 saturated heterocycles. The number of hydrogen-bond donors (Lipinski definition) is 2. The predicted octanol–water partition coefficient (Wildman–Crippen LogP) is 4.71. The highest BCUT2D eigenvalue weighted by Crippen LogP contribution is 2.39. The van der Waals surface area contributed by atoms with Gasteiger partial charge in [-0.15, -0.1) is 0 Å². The Morgan fingerprint density at radius 3 is 2.39 bits per heavy atom. The van der Waals surface area contributed by atoms with Crippen molar-refractivity contribution in [1.29, 1.82) is 0 Å². The van der Waals surface area contributed by atoms with E-state index in [9.17, 15) is 18.3 Å². The molecule has 0 aromatic heterocycles. The zero-order valence-electron chi connectivity index (χ0n) is 17.6. The van der Waals surface area contributed by atoms with Crippen LogP contribution in [0.25, 0.3) is 0 Å². The number of carboxylic acids is 1. The minimum absolute atomic E-state index is 0.206. The molecule has 12 heteroatoms. The summed E-state index contributed by atoms with van der Waals surface area (Å²) in [5.41, 5.74) is 0.595. The molecule has 1 fully saturated rings. The molecule has 0 spiro atoms. The van der Waals surface area contributed by atoms with E-state index in [0.717, 1.165) is 19.3 Å². The Morgan fingerprint density at radius 2 is 1.79 bits per heavy atom. The van der Waals surface area contributed by atoms with Gasteiger partial charge in [0.1, 0.15) is 16.4 Å². The first kappa shape index (κ1) is 25.5. The van der Waals surface area contributed by atoms with Gasteiger partial charge in [-0.25, -0.2) is 13.2 Å². The second-order valence-corrected chi connectivity index (χ2v) is 10.9. The van der Waals surface area contributed by atoms with E-state index in [1.165, 1.54) is 35.6 Å². The minimum atomic E-state index is -3.85. The first-order chi connectivity index (χ1) is 15.6. The lowest BCUT2D eigenvalue weighted by atomic mass is 10.2. The molecule has 178 valence electrons. The van der Waals surface area contributed by atoms with Crippen molar-refractivity contribution in [1.82, 2.24) is 4.31 Å². The number of nitrogens with zero attached hydrogens (tertiary/aromatic N) is 2. The van der Waals surface area contributed by atoms with Crippen molar-refractivity contribution >= 4 is 54.1 Å². The predicted molar refractivity (Wildman–Crippen MR) is 128 cm³/mol. The first-order valence-corrected chi connectivity index (χ1v) is 13.0. The highest BCUT2D eigenvalue weighted by atomic mass is 79.9. The van der Waals surface area contributed by atoms with Crippen LogP contribution in [0, 0.1) is 0 Å². The Labute approximate surface area is 208 Å². The van der Waals surface area contributed by atoms with Gasteiger partial charge < -0.3 is 19.8 Å². The van der Waals surface area contributed by atoms with Crippen molar-refractivity contribution in [2.45, 2.75) is 37.2 Å². The van der Waals surface area contributed by atoms with Gasteiger partial charge in [-0.1, -0.05) is 11.6 Å². The van der Waals surface area contributed by atoms with Crippen LogP contribution < -0.4 is 4.74 Å². The lowest BCUT2D eigenvalue weighted by molar-refractivity contribution is -0.149. The van der Waals surface area contributed by atoms with Crippen LogP contribution in [0.1, 0.15) is 31.7 Å². The lowest BCUT2D eigenvalue weighted by Gasteiger charge is -2.26. The van der Waals surface area contributed by atoms with Crippen LogP contribution in [-0.2, 0) is 19.7 Å². The zero-order chi connectivity index (χ0) is 24.2. The molecule has 33 heavy (non-hydrogen) atoms. The van der Waals surface area contributed by atoms with Crippen LogP contribution in [0.15, 0.2) is 49.3 Å². The molecule has 1 aliphatic heterocycles. The van der Waals surface area contributed by atoms with Crippen molar-refractivity contribution in [3.05, 3.63) is 44.8 Å². The standard InChI is InChI=1S/C21H22Br2N2O7S/c1-13(21(27)28)32-24-12-14-9-16(22)20(17(23)10-14)31-15-5-6-18(26)19(11-15)33(29,30)25-7-3-2-4-8-25/h5-6,9-13,26H,2-4,7-8H2,1H3,(H,27,28)/b24-12-. The second-order valence-electron chi connectivity index (χ2n) is 7.33. The average molecular weight is 606 g/mol. The van der Waals surface area contributed by atoms with Crippen LogP contribution in [0.3, 0.4) is 0 Å². The highest BCUT2D eigenvalue weighted by Gasteiger charge is 2.29. The summed E-state index contributed by atoms with van der Waals surface area (Å²) in [6.45, 7) is 2.20. The summed E-state index contributed by atoms with van der Waals surface area (Å²) in [5.74, 6) is -0.870. The molecule has 1 atom stereocenters. The topological polar surface area (TPSA) is 126 Å². The Hall–Kier alpha value is -2.15. The molecule has 2 aromatic carbocycles. The molecule has 9 nitrogen and oxygen atoms in total. The number of oxime groups is 1. The van der Waals surface area contributed by atoms with E-state index in [4.69, 9.17) is 14.7 Å². The van der Waals surface area contributed by atoms with Gasteiger partial charge in [-0.05, 0) is 81.5 Å². The van der Waals surface area contributed by atoms with Gasteiger partial charge in [0.25, 0.3) is 0 Å². The number of sulfonamides is 1. The normalized spacial score (nSPS) is 16.0. The van der Waals surface area contributed by atoms with Gasteiger partial charge in [-0.2, -0.15) is 4.31 Å². The Balaban J connectivity index is 1.83. The molecule has 0 saturated carbocycles. The highest BCUT2D eigenvalue weighted by molar-refractivity contribution is 9.11. The number of piperidine rings is 1. The number of phenols is 1. The molecule has 3 rings (SSSR count). The summed E-state index contributed by atoms with van der Waals surface area (Å²) in [6, 6.07) is 7.40. The van der Waals surface area contributed by atoms with Crippen LogP contribution in [0.4, 0.5) is 0 Å². The van der Waals surface area contributed by atoms with Crippen LogP contribution in [0.5, 0.6) is 17.2 Å². The molecule has 1 heterocycles. The fourth-order valence-corrected chi connectivity index (χ4v) is 6.10. The van der Waals surface area contributed by atoms with Crippen molar-refractivity contribution in [3.8, 4) is 17.2 Å². The maximum absolute atomic E-state index is 13.0. The number of aliphatic carboxylic acids is 1. The summed E-state index contributed by atoms with van der Waals surface area (Å²) >= 11 is 6.81. The van der Waals surface area contributed by atoms with E-state index in [1.807, 2.05) is 0 Å². The van der Waals surface area contributed by atoms with Gasteiger partial charge in [0, 0.05) is 19.2 Å². The monoisotopic (exact) mass is 604 g/mol. The van der Waals surface area contributed by atoms with E-state index >= 15 is 0 Å². The van der Waals surface area contributed by atoms with E-state index in [2.05, 4.69) is 37.0 Å². The van der Waals surface area contributed by atoms with Gasteiger partial charge in [0.05, 0.1) is 15.2 Å². The molecule has 0 radical (unpaired) electrons. The van der Waals surface area contributed by atoms with Gasteiger partial charge >= 0.3 is 5.97 Å². The van der Waals surface area contributed by atoms with Crippen molar-refractivity contribution in [2.24, 2.45) is 5.16 Å².